The fraction of sp³-hybridized carbons (Fsp3) is 0.286. The molecule has 0 saturated carbocycles. The fourth-order valence-corrected chi connectivity index (χ4v) is 2.70. The number of aromatic hydroxyl groups is 1. The zero-order valence-electron chi connectivity index (χ0n) is 10.8. The summed E-state index contributed by atoms with van der Waals surface area (Å²) in [7, 11) is 1.82. The van der Waals surface area contributed by atoms with Crippen LogP contribution in [-0.4, -0.2) is 20.8 Å². The highest BCUT2D eigenvalue weighted by atomic mass is 16.3. The molecule has 5 nitrogen and oxygen atoms in total. The summed E-state index contributed by atoms with van der Waals surface area (Å²) in [6.07, 6.45) is 0.407. The summed E-state index contributed by atoms with van der Waals surface area (Å²) < 4.78 is 1.70. The number of aromatic nitrogens is 2. The van der Waals surface area contributed by atoms with Crippen LogP contribution in [0.25, 0.3) is 0 Å². The first kappa shape index (κ1) is 11.8. The first-order valence-electron chi connectivity index (χ1n) is 6.18. The SMILES string of the molecule is Cc1nn(C)c2c1[C@H](c1ccc(O)cc1)CC(=O)N2. The van der Waals surface area contributed by atoms with Gasteiger partial charge in [-0.1, -0.05) is 12.1 Å². The number of nitrogens with one attached hydrogen (secondary N) is 1. The topological polar surface area (TPSA) is 67.1 Å². The average molecular weight is 257 g/mol. The van der Waals surface area contributed by atoms with E-state index in [1.165, 1.54) is 0 Å². The van der Waals surface area contributed by atoms with Crippen LogP contribution < -0.4 is 5.32 Å². The van der Waals surface area contributed by atoms with Crippen molar-refractivity contribution in [2.45, 2.75) is 19.3 Å². The van der Waals surface area contributed by atoms with Crippen molar-refractivity contribution in [1.82, 2.24) is 9.78 Å². The number of rotatable bonds is 1. The molecule has 19 heavy (non-hydrogen) atoms. The Hall–Kier alpha value is -2.30. The molecule has 5 heteroatoms. The van der Waals surface area contributed by atoms with E-state index in [1.54, 1.807) is 16.8 Å². The molecule has 1 aromatic carbocycles. The predicted octanol–water partition coefficient (Wildman–Crippen LogP) is 1.91. The third-order valence-corrected chi connectivity index (χ3v) is 3.56. The van der Waals surface area contributed by atoms with E-state index in [1.807, 2.05) is 26.1 Å². The van der Waals surface area contributed by atoms with Gasteiger partial charge in [-0.05, 0) is 24.6 Å². The zero-order chi connectivity index (χ0) is 13.6. The summed E-state index contributed by atoms with van der Waals surface area (Å²) in [5.74, 6) is 0.991. The van der Waals surface area contributed by atoms with Gasteiger partial charge in [0.1, 0.15) is 11.6 Å². The molecule has 0 bridgehead atoms. The highest BCUT2D eigenvalue weighted by molar-refractivity contribution is 5.94. The van der Waals surface area contributed by atoms with Gasteiger partial charge in [0.05, 0.1) is 5.69 Å². The third-order valence-electron chi connectivity index (χ3n) is 3.56. The quantitative estimate of drug-likeness (QED) is 0.820. The summed E-state index contributed by atoms with van der Waals surface area (Å²) in [4.78, 5) is 11.8. The lowest BCUT2D eigenvalue weighted by atomic mass is 9.86. The van der Waals surface area contributed by atoms with E-state index in [9.17, 15) is 9.90 Å². The van der Waals surface area contributed by atoms with Gasteiger partial charge in [-0.3, -0.25) is 9.48 Å². The van der Waals surface area contributed by atoms with Gasteiger partial charge in [0.2, 0.25) is 5.91 Å². The Morgan fingerprint density at radius 3 is 2.74 bits per heavy atom. The minimum atomic E-state index is -0.00595. The molecular formula is C14H15N3O2. The van der Waals surface area contributed by atoms with Gasteiger partial charge in [-0.15, -0.1) is 0 Å². The number of amides is 1. The standard InChI is InChI=1S/C14H15N3O2/c1-8-13-11(9-3-5-10(18)6-4-9)7-12(19)15-14(13)17(2)16-8/h3-6,11,18H,7H2,1-2H3,(H,15,19)/t11-/m0/s1. The van der Waals surface area contributed by atoms with Crippen molar-refractivity contribution in [2.75, 3.05) is 5.32 Å². The molecule has 1 aromatic heterocycles. The Bertz CT molecular complexity index is 643. The molecular weight excluding hydrogens is 242 g/mol. The Labute approximate surface area is 110 Å². The van der Waals surface area contributed by atoms with Crippen molar-refractivity contribution in [1.29, 1.82) is 0 Å². The molecule has 2 heterocycles. The van der Waals surface area contributed by atoms with Gasteiger partial charge in [0.15, 0.2) is 0 Å². The molecule has 0 fully saturated rings. The second-order valence-electron chi connectivity index (χ2n) is 4.87. The monoisotopic (exact) mass is 257 g/mol. The molecule has 2 N–H and O–H groups in total. The smallest absolute Gasteiger partial charge is 0.226 e. The Morgan fingerprint density at radius 2 is 2.05 bits per heavy atom. The van der Waals surface area contributed by atoms with Crippen molar-refractivity contribution in [3.8, 4) is 5.75 Å². The number of carbonyl (C=O) groups excluding carboxylic acids is 1. The molecule has 0 saturated heterocycles. The zero-order valence-corrected chi connectivity index (χ0v) is 10.8. The van der Waals surface area contributed by atoms with Crippen LogP contribution in [0.15, 0.2) is 24.3 Å². The summed E-state index contributed by atoms with van der Waals surface area (Å²) in [5.41, 5.74) is 3.01. The number of anilines is 1. The number of carbonyl (C=O) groups is 1. The number of fused-ring (bicyclic) bond motifs is 1. The van der Waals surface area contributed by atoms with E-state index in [0.29, 0.717) is 6.42 Å². The minimum Gasteiger partial charge on any atom is -0.508 e. The number of phenols is 1. The van der Waals surface area contributed by atoms with Gasteiger partial charge < -0.3 is 10.4 Å². The van der Waals surface area contributed by atoms with Crippen LogP contribution >= 0.6 is 0 Å². The van der Waals surface area contributed by atoms with Gasteiger partial charge >= 0.3 is 0 Å². The molecule has 1 aliphatic heterocycles. The lowest BCUT2D eigenvalue weighted by molar-refractivity contribution is -0.116. The number of aryl methyl sites for hydroxylation is 2. The summed E-state index contributed by atoms with van der Waals surface area (Å²) in [6, 6.07) is 7.00. The van der Waals surface area contributed by atoms with E-state index in [2.05, 4.69) is 10.4 Å². The number of hydrogen-bond donors (Lipinski definition) is 2. The Morgan fingerprint density at radius 1 is 1.37 bits per heavy atom. The molecule has 0 radical (unpaired) electrons. The van der Waals surface area contributed by atoms with E-state index in [-0.39, 0.29) is 17.6 Å². The number of phenolic OH excluding ortho intramolecular Hbond substituents is 1. The van der Waals surface area contributed by atoms with Gasteiger partial charge in [0, 0.05) is 24.9 Å². The van der Waals surface area contributed by atoms with Gasteiger partial charge in [0.25, 0.3) is 0 Å². The average Bonchev–Trinajstić information content (AvgIpc) is 2.65. The number of hydrogen-bond acceptors (Lipinski definition) is 3. The summed E-state index contributed by atoms with van der Waals surface area (Å²) >= 11 is 0. The molecule has 0 aliphatic carbocycles. The van der Waals surface area contributed by atoms with Crippen LogP contribution in [0.5, 0.6) is 5.75 Å². The van der Waals surface area contributed by atoms with Crippen molar-refractivity contribution in [3.05, 3.63) is 41.1 Å². The fourth-order valence-electron chi connectivity index (χ4n) is 2.70. The van der Waals surface area contributed by atoms with E-state index >= 15 is 0 Å². The predicted molar refractivity (Wildman–Crippen MR) is 71.1 cm³/mol. The molecule has 3 rings (SSSR count). The van der Waals surface area contributed by atoms with Crippen LogP contribution in [0.1, 0.15) is 29.2 Å². The number of benzene rings is 1. The molecule has 0 spiro atoms. The summed E-state index contributed by atoms with van der Waals surface area (Å²) in [5, 5.41) is 16.6. The Balaban J connectivity index is 2.13. The van der Waals surface area contributed by atoms with Crippen LogP contribution in [0, 0.1) is 6.92 Å². The molecule has 1 atom stereocenters. The molecule has 2 aromatic rings. The van der Waals surface area contributed by atoms with Crippen LogP contribution in [-0.2, 0) is 11.8 Å². The largest absolute Gasteiger partial charge is 0.508 e. The maximum absolute atomic E-state index is 11.8. The second kappa shape index (κ2) is 4.12. The first-order chi connectivity index (χ1) is 9.06. The molecule has 1 aliphatic rings. The molecule has 1 amide bonds. The highest BCUT2D eigenvalue weighted by Gasteiger charge is 2.31. The minimum absolute atomic E-state index is 0.00181. The normalized spacial score (nSPS) is 18.0. The van der Waals surface area contributed by atoms with E-state index in [0.717, 1.165) is 22.6 Å². The second-order valence-corrected chi connectivity index (χ2v) is 4.87. The first-order valence-corrected chi connectivity index (χ1v) is 6.18. The van der Waals surface area contributed by atoms with Crippen molar-refractivity contribution >= 4 is 11.7 Å². The lowest BCUT2D eigenvalue weighted by Crippen LogP contribution is -2.24. The highest BCUT2D eigenvalue weighted by Crippen LogP contribution is 2.38. The van der Waals surface area contributed by atoms with E-state index in [4.69, 9.17) is 0 Å². The van der Waals surface area contributed by atoms with Crippen molar-refractivity contribution < 1.29 is 9.90 Å². The van der Waals surface area contributed by atoms with E-state index < -0.39 is 0 Å². The van der Waals surface area contributed by atoms with Crippen LogP contribution in [0.2, 0.25) is 0 Å². The van der Waals surface area contributed by atoms with Crippen LogP contribution in [0.3, 0.4) is 0 Å². The van der Waals surface area contributed by atoms with Gasteiger partial charge in [-0.25, -0.2) is 0 Å². The van der Waals surface area contributed by atoms with Crippen molar-refractivity contribution in [2.24, 2.45) is 7.05 Å². The lowest BCUT2D eigenvalue weighted by Gasteiger charge is -2.24. The maximum atomic E-state index is 11.8. The maximum Gasteiger partial charge on any atom is 0.226 e. The van der Waals surface area contributed by atoms with Crippen molar-refractivity contribution in [3.63, 3.8) is 0 Å². The number of nitrogens with zero attached hydrogens (tertiary/aromatic N) is 2. The van der Waals surface area contributed by atoms with Gasteiger partial charge in [-0.2, -0.15) is 5.10 Å². The van der Waals surface area contributed by atoms with Crippen LogP contribution in [0.4, 0.5) is 5.82 Å². The molecule has 98 valence electrons. The molecule has 0 unspecified atom stereocenters. The Kier molecular flexibility index (Phi) is 2.55. The summed E-state index contributed by atoms with van der Waals surface area (Å²) in [6.45, 7) is 1.95. The third kappa shape index (κ3) is 1.87.